The van der Waals surface area contributed by atoms with Crippen LogP contribution in [-0.2, 0) is 11.2 Å². The number of nitrogens with two attached hydrogens (primary N) is 1. The average molecular weight is 346 g/mol. The third kappa shape index (κ3) is 4.10. The first-order valence-corrected chi connectivity index (χ1v) is 8.10. The van der Waals surface area contributed by atoms with E-state index in [-0.39, 0.29) is 23.9 Å². The molecule has 0 fully saturated rings. The lowest BCUT2D eigenvalue weighted by atomic mass is 10.1. The normalized spacial score (nSPS) is 10.3. The molecule has 1 heterocycles. The van der Waals surface area contributed by atoms with E-state index in [2.05, 4.69) is 15.3 Å². The Bertz CT molecular complexity index is 955. The number of hydrogen-bond donors (Lipinski definition) is 2. The molecule has 2 aromatic carbocycles. The maximum atomic E-state index is 12.2. The summed E-state index contributed by atoms with van der Waals surface area (Å²) in [6.07, 6.45) is 1.54. The van der Waals surface area contributed by atoms with Crippen molar-refractivity contribution in [3.05, 3.63) is 72.1 Å². The fourth-order valence-electron chi connectivity index (χ4n) is 2.48. The molecule has 0 bridgehead atoms. The number of hydrogen-bond acceptors (Lipinski definition) is 5. The molecule has 3 rings (SSSR count). The molecule has 0 radical (unpaired) electrons. The quantitative estimate of drug-likeness (QED) is 0.692. The van der Waals surface area contributed by atoms with Crippen LogP contribution in [0.25, 0.3) is 11.3 Å². The van der Waals surface area contributed by atoms with Gasteiger partial charge in [0.1, 0.15) is 5.82 Å². The Labute approximate surface area is 151 Å². The van der Waals surface area contributed by atoms with Gasteiger partial charge in [-0.3, -0.25) is 9.59 Å². The van der Waals surface area contributed by atoms with E-state index in [1.807, 2.05) is 24.3 Å². The molecule has 0 aliphatic heterocycles. The second kappa shape index (κ2) is 7.57. The maximum Gasteiger partial charge on any atom is 0.230 e. The monoisotopic (exact) mass is 346 g/mol. The summed E-state index contributed by atoms with van der Waals surface area (Å²) < 4.78 is 0. The van der Waals surface area contributed by atoms with Crippen molar-refractivity contribution in [2.75, 3.05) is 11.1 Å². The Hall–Kier alpha value is -3.54. The maximum absolute atomic E-state index is 12.2. The highest BCUT2D eigenvalue weighted by Gasteiger charge is 2.12. The van der Waals surface area contributed by atoms with Crippen molar-refractivity contribution in [3.8, 4) is 11.3 Å². The highest BCUT2D eigenvalue weighted by Crippen LogP contribution is 2.20. The summed E-state index contributed by atoms with van der Waals surface area (Å²) in [6.45, 7) is 1.51. The van der Waals surface area contributed by atoms with Gasteiger partial charge in [0.25, 0.3) is 0 Å². The van der Waals surface area contributed by atoms with Crippen molar-refractivity contribution in [1.29, 1.82) is 0 Å². The topological polar surface area (TPSA) is 98.0 Å². The summed E-state index contributed by atoms with van der Waals surface area (Å²) in [4.78, 5) is 32.4. The van der Waals surface area contributed by atoms with Crippen LogP contribution in [0.5, 0.6) is 0 Å². The predicted molar refractivity (Wildman–Crippen MR) is 101 cm³/mol. The minimum absolute atomic E-state index is 0.00790. The fraction of sp³-hybridized carbons (Fsp3) is 0.100. The average Bonchev–Trinajstić information content (AvgIpc) is 2.64. The van der Waals surface area contributed by atoms with Crippen LogP contribution in [0.1, 0.15) is 23.0 Å². The van der Waals surface area contributed by atoms with Gasteiger partial charge in [-0.1, -0.05) is 36.4 Å². The van der Waals surface area contributed by atoms with Crippen molar-refractivity contribution in [2.24, 2.45) is 0 Å². The number of Topliss-reactive ketones (excluding diaryl/α,β-unsaturated/α-hetero) is 1. The van der Waals surface area contributed by atoms with Gasteiger partial charge in [0.15, 0.2) is 5.78 Å². The van der Waals surface area contributed by atoms with E-state index in [4.69, 9.17) is 5.73 Å². The Morgan fingerprint density at radius 2 is 1.85 bits per heavy atom. The molecule has 3 N–H and O–H groups in total. The Morgan fingerprint density at radius 3 is 2.58 bits per heavy atom. The SMILES string of the molecule is CC(=O)c1cccc(-c2cnc(N)c(CC(=O)Nc3ccccc3)n2)c1. The van der Waals surface area contributed by atoms with Crippen LogP contribution < -0.4 is 11.1 Å². The van der Waals surface area contributed by atoms with Gasteiger partial charge < -0.3 is 11.1 Å². The molecule has 6 heteroatoms. The molecule has 0 aliphatic rings. The number of rotatable bonds is 5. The number of amides is 1. The van der Waals surface area contributed by atoms with Gasteiger partial charge in [0, 0.05) is 16.8 Å². The Balaban J connectivity index is 1.83. The number of carbonyl (C=O) groups is 2. The number of anilines is 2. The second-order valence-corrected chi connectivity index (χ2v) is 5.82. The van der Waals surface area contributed by atoms with Crippen LogP contribution in [0.3, 0.4) is 0 Å². The lowest BCUT2D eigenvalue weighted by Crippen LogP contribution is -2.17. The summed E-state index contributed by atoms with van der Waals surface area (Å²) in [5.74, 6) is -0.0516. The second-order valence-electron chi connectivity index (χ2n) is 5.82. The molecule has 1 aromatic heterocycles. The molecular weight excluding hydrogens is 328 g/mol. The highest BCUT2D eigenvalue weighted by molar-refractivity contribution is 5.95. The summed E-state index contributed by atoms with van der Waals surface area (Å²) in [6, 6.07) is 16.3. The zero-order valence-electron chi connectivity index (χ0n) is 14.3. The summed E-state index contributed by atoms with van der Waals surface area (Å²) in [5, 5.41) is 2.79. The summed E-state index contributed by atoms with van der Waals surface area (Å²) >= 11 is 0. The number of nitrogens with zero attached hydrogens (tertiary/aromatic N) is 2. The molecule has 3 aromatic rings. The summed E-state index contributed by atoms with van der Waals surface area (Å²) in [5.41, 5.74) is 8.87. The van der Waals surface area contributed by atoms with Crippen LogP contribution in [0.4, 0.5) is 11.5 Å². The van der Waals surface area contributed by atoms with Crippen molar-refractivity contribution in [3.63, 3.8) is 0 Å². The standard InChI is InChI=1S/C20H18N4O2/c1-13(25)14-6-5-7-15(10-14)18-12-22-20(21)17(24-18)11-19(26)23-16-8-3-2-4-9-16/h2-10,12H,11H2,1H3,(H2,21,22)(H,23,26). The van der Waals surface area contributed by atoms with Crippen molar-refractivity contribution < 1.29 is 9.59 Å². The Kier molecular flexibility index (Phi) is 5.03. The van der Waals surface area contributed by atoms with Crippen LogP contribution in [0.2, 0.25) is 0 Å². The minimum Gasteiger partial charge on any atom is -0.382 e. The number of aromatic nitrogens is 2. The van der Waals surface area contributed by atoms with Gasteiger partial charge in [-0.15, -0.1) is 0 Å². The highest BCUT2D eigenvalue weighted by atomic mass is 16.1. The third-order valence-corrected chi connectivity index (χ3v) is 3.83. The number of ketones is 1. The molecule has 6 nitrogen and oxygen atoms in total. The molecule has 0 unspecified atom stereocenters. The van der Waals surface area contributed by atoms with Crippen molar-refractivity contribution in [2.45, 2.75) is 13.3 Å². The first kappa shape index (κ1) is 17.3. The van der Waals surface area contributed by atoms with Gasteiger partial charge >= 0.3 is 0 Å². The van der Waals surface area contributed by atoms with Crippen LogP contribution in [-0.4, -0.2) is 21.7 Å². The number of nitrogen functional groups attached to an aromatic ring is 1. The number of benzene rings is 2. The van der Waals surface area contributed by atoms with Crippen LogP contribution in [0.15, 0.2) is 60.8 Å². The lowest BCUT2D eigenvalue weighted by molar-refractivity contribution is -0.115. The van der Waals surface area contributed by atoms with Crippen LogP contribution in [0, 0.1) is 0 Å². The van der Waals surface area contributed by atoms with E-state index in [9.17, 15) is 9.59 Å². The zero-order valence-corrected chi connectivity index (χ0v) is 14.3. The van der Waals surface area contributed by atoms with E-state index < -0.39 is 0 Å². The van der Waals surface area contributed by atoms with E-state index in [0.29, 0.717) is 22.6 Å². The predicted octanol–water partition coefficient (Wildman–Crippen LogP) is 3.11. The van der Waals surface area contributed by atoms with E-state index in [1.165, 1.54) is 13.1 Å². The van der Waals surface area contributed by atoms with Crippen molar-refractivity contribution >= 4 is 23.2 Å². The van der Waals surface area contributed by atoms with Gasteiger partial charge in [-0.05, 0) is 25.1 Å². The third-order valence-electron chi connectivity index (χ3n) is 3.83. The molecule has 0 spiro atoms. The Morgan fingerprint density at radius 1 is 1.08 bits per heavy atom. The van der Waals surface area contributed by atoms with Gasteiger partial charge in [0.2, 0.25) is 5.91 Å². The molecule has 1 amide bonds. The number of carbonyl (C=O) groups excluding carboxylic acids is 2. The minimum atomic E-state index is -0.230. The van der Waals surface area contributed by atoms with E-state index in [1.54, 1.807) is 30.3 Å². The number of para-hydroxylation sites is 1. The molecule has 0 saturated heterocycles. The molecule has 130 valence electrons. The lowest BCUT2D eigenvalue weighted by Gasteiger charge is -2.09. The van der Waals surface area contributed by atoms with Crippen LogP contribution >= 0.6 is 0 Å². The van der Waals surface area contributed by atoms with Gasteiger partial charge in [-0.2, -0.15) is 0 Å². The molecule has 0 saturated carbocycles. The first-order chi connectivity index (χ1) is 12.5. The largest absolute Gasteiger partial charge is 0.382 e. The smallest absolute Gasteiger partial charge is 0.230 e. The first-order valence-electron chi connectivity index (χ1n) is 8.10. The molecule has 0 aliphatic carbocycles. The molecular formula is C20H18N4O2. The summed E-state index contributed by atoms with van der Waals surface area (Å²) in [7, 11) is 0. The molecule has 0 atom stereocenters. The number of nitrogens with one attached hydrogen (secondary N) is 1. The van der Waals surface area contributed by atoms with E-state index in [0.717, 1.165) is 5.56 Å². The molecule has 26 heavy (non-hydrogen) atoms. The van der Waals surface area contributed by atoms with E-state index >= 15 is 0 Å². The fourth-order valence-corrected chi connectivity index (χ4v) is 2.48. The van der Waals surface area contributed by atoms with Crippen molar-refractivity contribution in [1.82, 2.24) is 9.97 Å². The van der Waals surface area contributed by atoms with Gasteiger partial charge in [0.05, 0.1) is 24.0 Å². The van der Waals surface area contributed by atoms with Gasteiger partial charge in [-0.25, -0.2) is 9.97 Å². The zero-order chi connectivity index (χ0) is 18.5.